The van der Waals surface area contributed by atoms with E-state index in [0.29, 0.717) is 12.2 Å². The van der Waals surface area contributed by atoms with Crippen LogP contribution in [0.25, 0.3) is 0 Å². The molecule has 1 heterocycles. The lowest BCUT2D eigenvalue weighted by atomic mass is 10.3. The van der Waals surface area contributed by atoms with E-state index in [1.807, 2.05) is 26.0 Å². The van der Waals surface area contributed by atoms with Gasteiger partial charge < -0.3 is 0 Å². The number of rotatable bonds is 4. The summed E-state index contributed by atoms with van der Waals surface area (Å²) in [6.07, 6.45) is 0.413. The van der Waals surface area contributed by atoms with Crippen LogP contribution in [0.1, 0.15) is 17.7 Å². The Morgan fingerprint density at radius 2 is 2.27 bits per heavy atom. The Hall–Kier alpha value is -1.07. The zero-order valence-corrected chi connectivity index (χ0v) is 9.73. The maximum absolute atomic E-state index is 10.9. The monoisotopic (exact) mass is 225 g/mol. The molecule has 1 amide bonds. The molecule has 0 atom stereocenters. The molecule has 0 saturated carbocycles. The molecule has 0 saturated heterocycles. The van der Waals surface area contributed by atoms with Crippen LogP contribution in [0.4, 0.5) is 0 Å². The maximum Gasteiger partial charge on any atom is 0.234 e. The number of pyridine rings is 1. The van der Waals surface area contributed by atoms with Crippen LogP contribution < -0.4 is 11.3 Å². The fourth-order valence-electron chi connectivity index (χ4n) is 1.20. The third-order valence-corrected chi connectivity index (χ3v) is 2.73. The molecule has 1 aromatic rings. The van der Waals surface area contributed by atoms with E-state index in [1.165, 1.54) is 5.56 Å². The first-order valence-corrected chi connectivity index (χ1v) is 5.68. The Balaban J connectivity index is 2.47. The van der Waals surface area contributed by atoms with Crippen LogP contribution in [0.15, 0.2) is 17.2 Å². The zero-order chi connectivity index (χ0) is 11.3. The molecule has 0 radical (unpaired) electrons. The largest absolute Gasteiger partial charge is 0.294 e. The molecule has 1 rings (SSSR count). The van der Waals surface area contributed by atoms with Crippen molar-refractivity contribution in [2.24, 2.45) is 5.84 Å². The average molecular weight is 225 g/mol. The number of thioether (sulfide) groups is 1. The van der Waals surface area contributed by atoms with Gasteiger partial charge >= 0.3 is 0 Å². The Morgan fingerprint density at radius 1 is 1.53 bits per heavy atom. The Kier molecular flexibility index (Phi) is 4.58. The van der Waals surface area contributed by atoms with E-state index in [9.17, 15) is 4.79 Å². The summed E-state index contributed by atoms with van der Waals surface area (Å²) in [5.41, 5.74) is 4.29. The van der Waals surface area contributed by atoms with Crippen molar-refractivity contribution in [3.63, 3.8) is 0 Å². The van der Waals surface area contributed by atoms with Crippen LogP contribution in [0, 0.1) is 13.8 Å². The molecule has 0 spiro atoms. The SMILES string of the molecule is Cc1cc(C)nc(SCCC(=O)NN)c1. The van der Waals surface area contributed by atoms with E-state index in [-0.39, 0.29) is 5.91 Å². The summed E-state index contributed by atoms with van der Waals surface area (Å²) in [4.78, 5) is 15.2. The first-order valence-electron chi connectivity index (χ1n) is 4.69. The van der Waals surface area contributed by atoms with Crippen molar-refractivity contribution in [1.29, 1.82) is 0 Å². The van der Waals surface area contributed by atoms with Gasteiger partial charge in [-0.2, -0.15) is 0 Å². The van der Waals surface area contributed by atoms with E-state index in [4.69, 9.17) is 5.84 Å². The number of hydrazine groups is 1. The average Bonchev–Trinajstić information content (AvgIpc) is 2.16. The molecule has 5 heteroatoms. The minimum absolute atomic E-state index is 0.146. The van der Waals surface area contributed by atoms with Crippen molar-refractivity contribution in [3.05, 3.63) is 23.4 Å². The third-order valence-electron chi connectivity index (χ3n) is 1.81. The Morgan fingerprint density at radius 3 is 2.87 bits per heavy atom. The lowest BCUT2D eigenvalue weighted by Gasteiger charge is -2.03. The molecule has 15 heavy (non-hydrogen) atoms. The Labute approximate surface area is 93.6 Å². The molecule has 82 valence electrons. The first kappa shape index (κ1) is 12.0. The van der Waals surface area contributed by atoms with Gasteiger partial charge in [-0.3, -0.25) is 10.2 Å². The van der Waals surface area contributed by atoms with Gasteiger partial charge in [0.1, 0.15) is 0 Å². The number of aromatic nitrogens is 1. The lowest BCUT2D eigenvalue weighted by Crippen LogP contribution is -2.30. The minimum Gasteiger partial charge on any atom is -0.294 e. The van der Waals surface area contributed by atoms with Crippen LogP contribution in [0.2, 0.25) is 0 Å². The fraction of sp³-hybridized carbons (Fsp3) is 0.400. The Bertz CT molecular complexity index is 334. The van der Waals surface area contributed by atoms with Crippen molar-refractivity contribution >= 4 is 17.7 Å². The van der Waals surface area contributed by atoms with Crippen LogP contribution in [-0.2, 0) is 4.79 Å². The van der Waals surface area contributed by atoms with E-state index < -0.39 is 0 Å². The van der Waals surface area contributed by atoms with Gasteiger partial charge in [0.2, 0.25) is 5.91 Å². The third kappa shape index (κ3) is 4.31. The number of carbonyl (C=O) groups excluding carboxylic acids is 1. The van der Waals surface area contributed by atoms with Crippen LogP contribution in [-0.4, -0.2) is 16.6 Å². The molecular formula is C10H15N3OS. The summed E-state index contributed by atoms with van der Waals surface area (Å²) >= 11 is 1.56. The number of aryl methyl sites for hydroxylation is 2. The summed E-state index contributed by atoms with van der Waals surface area (Å²) in [7, 11) is 0. The maximum atomic E-state index is 10.9. The molecule has 0 bridgehead atoms. The van der Waals surface area contributed by atoms with Gasteiger partial charge in [0, 0.05) is 17.9 Å². The molecule has 0 unspecified atom stereocenters. The number of hydrogen-bond donors (Lipinski definition) is 2. The van der Waals surface area contributed by atoms with Crippen LogP contribution in [0.3, 0.4) is 0 Å². The second-order valence-corrected chi connectivity index (χ2v) is 4.41. The van der Waals surface area contributed by atoms with E-state index in [1.54, 1.807) is 11.8 Å². The summed E-state index contributed by atoms with van der Waals surface area (Å²) in [6, 6.07) is 4.04. The highest BCUT2D eigenvalue weighted by molar-refractivity contribution is 7.99. The molecular weight excluding hydrogens is 210 g/mol. The molecule has 0 aliphatic carbocycles. The van der Waals surface area contributed by atoms with Crippen molar-refractivity contribution in [2.45, 2.75) is 25.3 Å². The van der Waals surface area contributed by atoms with Gasteiger partial charge in [0.05, 0.1) is 5.03 Å². The van der Waals surface area contributed by atoms with E-state index >= 15 is 0 Å². The fourth-order valence-corrected chi connectivity index (χ4v) is 2.17. The topological polar surface area (TPSA) is 68.0 Å². The smallest absolute Gasteiger partial charge is 0.234 e. The van der Waals surface area contributed by atoms with Crippen molar-refractivity contribution < 1.29 is 4.79 Å². The van der Waals surface area contributed by atoms with E-state index in [2.05, 4.69) is 10.4 Å². The zero-order valence-electron chi connectivity index (χ0n) is 8.91. The van der Waals surface area contributed by atoms with Crippen LogP contribution >= 0.6 is 11.8 Å². The van der Waals surface area contributed by atoms with Gasteiger partial charge in [0.25, 0.3) is 0 Å². The molecule has 0 aromatic carbocycles. The molecule has 0 aliphatic heterocycles. The van der Waals surface area contributed by atoms with Gasteiger partial charge in [-0.1, -0.05) is 0 Å². The number of nitrogens with zero attached hydrogens (tertiary/aromatic N) is 1. The van der Waals surface area contributed by atoms with Gasteiger partial charge in [-0.15, -0.1) is 11.8 Å². The number of nitrogens with two attached hydrogens (primary N) is 1. The lowest BCUT2D eigenvalue weighted by molar-refractivity contribution is -0.120. The summed E-state index contributed by atoms with van der Waals surface area (Å²) in [5, 5.41) is 0.956. The van der Waals surface area contributed by atoms with E-state index in [0.717, 1.165) is 10.7 Å². The van der Waals surface area contributed by atoms with Crippen molar-refractivity contribution in [3.8, 4) is 0 Å². The predicted molar refractivity (Wildman–Crippen MR) is 61.4 cm³/mol. The number of hydrogen-bond acceptors (Lipinski definition) is 4. The highest BCUT2D eigenvalue weighted by Gasteiger charge is 2.01. The summed E-state index contributed by atoms with van der Waals surface area (Å²) in [5.74, 6) is 5.52. The van der Waals surface area contributed by atoms with Gasteiger partial charge in [-0.25, -0.2) is 10.8 Å². The predicted octanol–water partition coefficient (Wildman–Crippen LogP) is 1.17. The molecule has 1 aromatic heterocycles. The van der Waals surface area contributed by atoms with Crippen molar-refractivity contribution in [2.75, 3.05) is 5.75 Å². The standard InChI is InChI=1S/C10H15N3OS/c1-7-5-8(2)12-10(6-7)15-4-3-9(14)13-11/h5-6H,3-4,11H2,1-2H3,(H,13,14). The highest BCUT2D eigenvalue weighted by atomic mass is 32.2. The van der Waals surface area contributed by atoms with Crippen molar-refractivity contribution in [1.82, 2.24) is 10.4 Å². The number of carbonyl (C=O) groups is 1. The molecule has 0 fully saturated rings. The quantitative estimate of drug-likeness (QED) is 0.349. The molecule has 4 nitrogen and oxygen atoms in total. The second kappa shape index (κ2) is 5.72. The first-order chi connectivity index (χ1) is 7.11. The summed E-state index contributed by atoms with van der Waals surface area (Å²) < 4.78 is 0. The minimum atomic E-state index is -0.146. The van der Waals surface area contributed by atoms with Gasteiger partial charge in [-0.05, 0) is 31.5 Å². The summed E-state index contributed by atoms with van der Waals surface area (Å²) in [6.45, 7) is 4.00. The van der Waals surface area contributed by atoms with Gasteiger partial charge in [0.15, 0.2) is 0 Å². The number of nitrogens with one attached hydrogen (secondary N) is 1. The number of amides is 1. The molecule has 3 N–H and O–H groups in total. The second-order valence-electron chi connectivity index (χ2n) is 3.29. The van der Waals surface area contributed by atoms with Crippen LogP contribution in [0.5, 0.6) is 0 Å². The molecule has 0 aliphatic rings. The highest BCUT2D eigenvalue weighted by Crippen LogP contribution is 2.18. The normalized spacial score (nSPS) is 10.1.